The zero-order chi connectivity index (χ0) is 10.9. The molecule has 5 heteroatoms. The van der Waals surface area contributed by atoms with Gasteiger partial charge in [-0.25, -0.2) is 4.79 Å². The van der Waals surface area contributed by atoms with Crippen molar-refractivity contribution in [3.05, 3.63) is 11.3 Å². The Bertz CT molecular complexity index is 354. The van der Waals surface area contributed by atoms with Crippen molar-refractivity contribution >= 4 is 17.7 Å². The predicted octanol–water partition coefficient (Wildman–Crippen LogP) is 0.910. The molecule has 0 radical (unpaired) electrons. The SMILES string of the molecule is CC1=NC(C)=C(C(=O)O)CC1C(=O)O. The molecule has 0 bridgehead atoms. The van der Waals surface area contributed by atoms with E-state index in [2.05, 4.69) is 4.99 Å². The standard InChI is InChI=1S/C9H11NO4/c1-4-6(8(11)12)3-7(9(13)14)5(2)10-4/h6H,3H2,1-2H3,(H,11,12)(H,13,14). The lowest BCUT2D eigenvalue weighted by Gasteiger charge is -2.18. The van der Waals surface area contributed by atoms with Crippen molar-refractivity contribution in [2.75, 3.05) is 0 Å². The second-order valence-electron chi connectivity index (χ2n) is 3.22. The molecule has 0 aromatic rings. The summed E-state index contributed by atoms with van der Waals surface area (Å²) in [7, 11) is 0. The van der Waals surface area contributed by atoms with E-state index >= 15 is 0 Å². The third-order valence-corrected chi connectivity index (χ3v) is 2.25. The highest BCUT2D eigenvalue weighted by Crippen LogP contribution is 2.24. The molecule has 0 spiro atoms. The average Bonchev–Trinajstić information content (AvgIpc) is 2.02. The fourth-order valence-electron chi connectivity index (χ4n) is 1.42. The molecule has 0 aliphatic carbocycles. The Kier molecular flexibility index (Phi) is 2.69. The van der Waals surface area contributed by atoms with Crippen molar-refractivity contribution < 1.29 is 19.8 Å². The summed E-state index contributed by atoms with van der Waals surface area (Å²) < 4.78 is 0. The van der Waals surface area contributed by atoms with Crippen molar-refractivity contribution in [3.63, 3.8) is 0 Å². The number of carboxylic acids is 2. The molecule has 14 heavy (non-hydrogen) atoms. The molecule has 0 aromatic heterocycles. The molecule has 1 rings (SSSR count). The molecule has 1 unspecified atom stereocenters. The van der Waals surface area contributed by atoms with Gasteiger partial charge in [-0.1, -0.05) is 0 Å². The van der Waals surface area contributed by atoms with Crippen molar-refractivity contribution in [3.8, 4) is 0 Å². The predicted molar refractivity (Wildman–Crippen MR) is 49.2 cm³/mol. The molecule has 0 saturated carbocycles. The maximum atomic E-state index is 10.7. The summed E-state index contributed by atoms with van der Waals surface area (Å²) in [6.07, 6.45) is 0.0197. The van der Waals surface area contributed by atoms with Gasteiger partial charge < -0.3 is 10.2 Å². The molecule has 2 N–H and O–H groups in total. The highest BCUT2D eigenvalue weighted by Gasteiger charge is 2.29. The minimum absolute atomic E-state index is 0.0197. The quantitative estimate of drug-likeness (QED) is 0.688. The van der Waals surface area contributed by atoms with Crippen LogP contribution in [0.1, 0.15) is 20.3 Å². The van der Waals surface area contributed by atoms with Crippen molar-refractivity contribution in [1.82, 2.24) is 0 Å². The number of rotatable bonds is 2. The molecule has 0 saturated heterocycles. The third-order valence-electron chi connectivity index (χ3n) is 2.25. The van der Waals surface area contributed by atoms with Crippen LogP contribution in [0.5, 0.6) is 0 Å². The summed E-state index contributed by atoms with van der Waals surface area (Å²) in [5, 5.41) is 17.6. The first-order valence-electron chi connectivity index (χ1n) is 4.14. The molecule has 76 valence electrons. The second kappa shape index (κ2) is 3.61. The first-order valence-corrected chi connectivity index (χ1v) is 4.14. The molecule has 1 aliphatic rings. The molecule has 1 aliphatic heterocycles. The second-order valence-corrected chi connectivity index (χ2v) is 3.22. The van der Waals surface area contributed by atoms with Gasteiger partial charge in [0.15, 0.2) is 0 Å². The first kappa shape index (κ1) is 10.4. The summed E-state index contributed by atoms with van der Waals surface area (Å²) in [6, 6.07) is 0. The minimum Gasteiger partial charge on any atom is -0.481 e. The van der Waals surface area contributed by atoms with E-state index in [-0.39, 0.29) is 12.0 Å². The Morgan fingerprint density at radius 1 is 1.36 bits per heavy atom. The Morgan fingerprint density at radius 2 is 1.93 bits per heavy atom. The highest BCUT2D eigenvalue weighted by atomic mass is 16.4. The number of carboxylic acid groups (broad SMARTS) is 2. The van der Waals surface area contributed by atoms with Gasteiger partial charge >= 0.3 is 11.9 Å². The van der Waals surface area contributed by atoms with E-state index in [0.29, 0.717) is 11.4 Å². The van der Waals surface area contributed by atoms with Gasteiger partial charge in [0.25, 0.3) is 0 Å². The summed E-state index contributed by atoms with van der Waals surface area (Å²) >= 11 is 0. The van der Waals surface area contributed by atoms with Gasteiger partial charge in [-0.2, -0.15) is 0 Å². The smallest absolute Gasteiger partial charge is 0.333 e. The maximum Gasteiger partial charge on any atom is 0.333 e. The third kappa shape index (κ3) is 1.81. The van der Waals surface area contributed by atoms with Crippen LogP contribution in [0, 0.1) is 5.92 Å². The van der Waals surface area contributed by atoms with Crippen LogP contribution in [0.4, 0.5) is 0 Å². The normalized spacial score (nSPS) is 21.9. The number of hydrogen-bond acceptors (Lipinski definition) is 3. The summed E-state index contributed by atoms with van der Waals surface area (Å²) in [4.78, 5) is 25.4. The Balaban J connectivity index is 3.06. The summed E-state index contributed by atoms with van der Waals surface area (Å²) in [6.45, 7) is 3.17. The van der Waals surface area contributed by atoms with Crippen LogP contribution in [-0.2, 0) is 9.59 Å². The number of nitrogens with zero attached hydrogens (tertiary/aromatic N) is 1. The number of allylic oxidation sites excluding steroid dienone is 1. The van der Waals surface area contributed by atoms with Crippen LogP contribution in [0.15, 0.2) is 16.3 Å². The van der Waals surface area contributed by atoms with Gasteiger partial charge in [-0.05, 0) is 20.3 Å². The van der Waals surface area contributed by atoms with Crippen LogP contribution in [0.3, 0.4) is 0 Å². The van der Waals surface area contributed by atoms with Crippen molar-refractivity contribution in [2.45, 2.75) is 20.3 Å². The van der Waals surface area contributed by atoms with Crippen LogP contribution in [-0.4, -0.2) is 27.9 Å². The molecule has 1 heterocycles. The van der Waals surface area contributed by atoms with Crippen LogP contribution in [0.2, 0.25) is 0 Å². The lowest BCUT2D eigenvalue weighted by atomic mass is 9.91. The zero-order valence-electron chi connectivity index (χ0n) is 7.94. The molecule has 0 fully saturated rings. The minimum atomic E-state index is -1.09. The van der Waals surface area contributed by atoms with Crippen LogP contribution < -0.4 is 0 Å². The fourth-order valence-corrected chi connectivity index (χ4v) is 1.42. The zero-order valence-corrected chi connectivity index (χ0v) is 7.94. The number of aliphatic carboxylic acids is 2. The van der Waals surface area contributed by atoms with E-state index in [9.17, 15) is 9.59 Å². The lowest BCUT2D eigenvalue weighted by Crippen LogP contribution is -2.27. The summed E-state index contributed by atoms with van der Waals surface area (Å²) in [5.41, 5.74) is 0.940. The number of aliphatic imine (C=N–C) groups is 1. The Hall–Kier alpha value is -1.65. The molecule has 1 atom stereocenters. The van der Waals surface area contributed by atoms with Crippen molar-refractivity contribution in [1.29, 1.82) is 0 Å². The molecule has 5 nitrogen and oxygen atoms in total. The van der Waals surface area contributed by atoms with Gasteiger partial charge in [-0.15, -0.1) is 0 Å². The van der Waals surface area contributed by atoms with Crippen LogP contribution in [0.25, 0.3) is 0 Å². The Labute approximate surface area is 80.8 Å². The van der Waals surface area contributed by atoms with Gasteiger partial charge in [0.2, 0.25) is 0 Å². The first-order chi connectivity index (χ1) is 6.43. The molecular weight excluding hydrogens is 186 g/mol. The fraction of sp³-hybridized carbons (Fsp3) is 0.444. The average molecular weight is 197 g/mol. The number of carbonyl (C=O) groups is 2. The van der Waals surface area contributed by atoms with E-state index in [0.717, 1.165) is 0 Å². The van der Waals surface area contributed by atoms with E-state index in [1.54, 1.807) is 13.8 Å². The molecule has 0 aromatic carbocycles. The van der Waals surface area contributed by atoms with E-state index in [1.807, 2.05) is 0 Å². The topological polar surface area (TPSA) is 87.0 Å². The van der Waals surface area contributed by atoms with Crippen molar-refractivity contribution in [2.24, 2.45) is 10.9 Å². The van der Waals surface area contributed by atoms with Gasteiger partial charge in [-0.3, -0.25) is 9.79 Å². The van der Waals surface area contributed by atoms with E-state index in [1.165, 1.54) is 0 Å². The summed E-state index contributed by atoms with van der Waals surface area (Å²) in [5.74, 6) is -2.92. The van der Waals surface area contributed by atoms with Gasteiger partial charge in [0, 0.05) is 11.4 Å². The largest absolute Gasteiger partial charge is 0.481 e. The molecular formula is C9H11NO4. The van der Waals surface area contributed by atoms with E-state index in [4.69, 9.17) is 10.2 Å². The monoisotopic (exact) mass is 197 g/mol. The van der Waals surface area contributed by atoms with Gasteiger partial charge in [0.05, 0.1) is 11.5 Å². The Morgan fingerprint density at radius 3 is 2.36 bits per heavy atom. The highest BCUT2D eigenvalue weighted by molar-refractivity contribution is 6.04. The van der Waals surface area contributed by atoms with Gasteiger partial charge in [0.1, 0.15) is 0 Å². The number of hydrogen-bond donors (Lipinski definition) is 2. The van der Waals surface area contributed by atoms with Crippen LogP contribution >= 0.6 is 0 Å². The lowest BCUT2D eigenvalue weighted by molar-refractivity contribution is -0.139. The van der Waals surface area contributed by atoms with E-state index < -0.39 is 17.9 Å². The molecule has 0 amide bonds. The maximum absolute atomic E-state index is 10.7.